The lowest BCUT2D eigenvalue weighted by molar-refractivity contribution is -0.113. The van der Waals surface area contributed by atoms with Crippen molar-refractivity contribution in [3.8, 4) is 0 Å². The number of nitrogens with one attached hydrogen (secondary N) is 2. The molecule has 5 rings (SSSR count). The van der Waals surface area contributed by atoms with E-state index in [1.165, 1.54) is 12.1 Å². The Kier molecular flexibility index (Phi) is 4.71. The van der Waals surface area contributed by atoms with Crippen LogP contribution in [0.2, 0.25) is 5.02 Å². The fraction of sp³-hybridized carbons (Fsp3) is 0.0833. The van der Waals surface area contributed by atoms with Crippen LogP contribution in [0.25, 0.3) is 11.0 Å². The van der Waals surface area contributed by atoms with E-state index >= 15 is 0 Å². The number of amides is 1. The van der Waals surface area contributed by atoms with E-state index in [0.29, 0.717) is 27.9 Å². The van der Waals surface area contributed by atoms with Gasteiger partial charge in [-0.15, -0.1) is 0 Å². The largest absolute Gasteiger partial charge is 0.329 e. The van der Waals surface area contributed by atoms with Gasteiger partial charge < -0.3 is 10.6 Å². The molecule has 154 valence electrons. The van der Waals surface area contributed by atoms with E-state index in [1.807, 2.05) is 35.8 Å². The molecule has 3 aromatic carbocycles. The first-order valence-corrected chi connectivity index (χ1v) is 10.2. The molecule has 4 aromatic rings. The number of carbonyl (C=O) groups is 1. The number of rotatable bonds is 3. The van der Waals surface area contributed by atoms with Crippen molar-refractivity contribution >= 4 is 40.2 Å². The highest BCUT2D eigenvalue weighted by atomic mass is 35.5. The lowest BCUT2D eigenvalue weighted by Crippen LogP contribution is -2.30. The monoisotopic (exact) mass is 432 g/mol. The summed E-state index contributed by atoms with van der Waals surface area (Å²) >= 11 is 5.96. The molecule has 0 bridgehead atoms. The second-order valence-corrected chi connectivity index (χ2v) is 7.81. The summed E-state index contributed by atoms with van der Waals surface area (Å²) in [5.41, 5.74) is 4.32. The van der Waals surface area contributed by atoms with Crippen molar-refractivity contribution in [3.63, 3.8) is 0 Å². The van der Waals surface area contributed by atoms with E-state index in [1.54, 1.807) is 36.4 Å². The van der Waals surface area contributed by atoms with Crippen molar-refractivity contribution < 1.29 is 9.18 Å². The molecule has 1 atom stereocenters. The van der Waals surface area contributed by atoms with Gasteiger partial charge in [0.25, 0.3) is 5.91 Å². The summed E-state index contributed by atoms with van der Waals surface area (Å²) in [7, 11) is 0. The number of hydrogen-bond acceptors (Lipinski definition) is 3. The van der Waals surface area contributed by atoms with Gasteiger partial charge in [-0.1, -0.05) is 35.9 Å². The lowest BCUT2D eigenvalue weighted by Gasteiger charge is -2.30. The molecule has 2 heterocycles. The van der Waals surface area contributed by atoms with Crippen LogP contribution in [-0.4, -0.2) is 15.5 Å². The summed E-state index contributed by atoms with van der Waals surface area (Å²) in [6, 6.07) is 20.4. The molecular formula is C24H18ClFN4O. The number of carbonyl (C=O) groups excluding carboxylic acids is 1. The zero-order valence-corrected chi connectivity index (χ0v) is 17.3. The summed E-state index contributed by atoms with van der Waals surface area (Å²) in [5, 5.41) is 6.80. The van der Waals surface area contributed by atoms with E-state index in [4.69, 9.17) is 11.6 Å². The maximum atomic E-state index is 13.7. The molecule has 0 saturated heterocycles. The van der Waals surface area contributed by atoms with Crippen molar-refractivity contribution in [1.82, 2.24) is 9.55 Å². The van der Waals surface area contributed by atoms with Crippen molar-refractivity contribution in [2.75, 3.05) is 10.6 Å². The molecule has 1 aliphatic heterocycles. The number of para-hydroxylation sites is 2. The highest BCUT2D eigenvalue weighted by Gasteiger charge is 2.34. The van der Waals surface area contributed by atoms with Gasteiger partial charge in [0.1, 0.15) is 5.82 Å². The summed E-state index contributed by atoms with van der Waals surface area (Å²) < 4.78 is 15.6. The Morgan fingerprint density at radius 3 is 2.52 bits per heavy atom. The fourth-order valence-electron chi connectivity index (χ4n) is 3.95. The van der Waals surface area contributed by atoms with Crippen LogP contribution in [-0.2, 0) is 4.79 Å². The molecule has 0 unspecified atom stereocenters. The number of fused-ring (bicyclic) bond motifs is 3. The third-order valence-electron chi connectivity index (χ3n) is 5.36. The number of aromatic nitrogens is 2. The lowest BCUT2D eigenvalue weighted by atomic mass is 9.94. The van der Waals surface area contributed by atoms with E-state index < -0.39 is 6.04 Å². The maximum Gasteiger partial charge on any atom is 0.255 e. The number of hydrogen-bond donors (Lipinski definition) is 2. The molecule has 31 heavy (non-hydrogen) atoms. The number of halogens is 2. The van der Waals surface area contributed by atoms with Crippen LogP contribution in [0.3, 0.4) is 0 Å². The molecule has 7 heteroatoms. The maximum absolute atomic E-state index is 13.7. The Hall–Kier alpha value is -3.64. The van der Waals surface area contributed by atoms with Gasteiger partial charge >= 0.3 is 0 Å². The third kappa shape index (κ3) is 3.45. The van der Waals surface area contributed by atoms with Gasteiger partial charge in [0.05, 0.1) is 22.6 Å². The minimum atomic E-state index is -0.475. The molecule has 2 N–H and O–H groups in total. The smallest absolute Gasteiger partial charge is 0.255 e. The van der Waals surface area contributed by atoms with Gasteiger partial charge in [-0.05, 0) is 61.0 Å². The predicted octanol–water partition coefficient (Wildman–Crippen LogP) is 5.76. The normalized spacial score (nSPS) is 15.5. The highest BCUT2D eigenvalue weighted by Crippen LogP contribution is 2.39. The number of benzene rings is 3. The Labute approximate surface area is 183 Å². The van der Waals surface area contributed by atoms with E-state index in [-0.39, 0.29) is 11.7 Å². The van der Waals surface area contributed by atoms with Crippen LogP contribution >= 0.6 is 11.6 Å². The van der Waals surface area contributed by atoms with Crippen molar-refractivity contribution in [3.05, 3.63) is 100 Å². The first-order chi connectivity index (χ1) is 15.0. The summed E-state index contributed by atoms with van der Waals surface area (Å²) in [5.74, 6) is 0.0439. The Bertz CT molecular complexity index is 1330. The average molecular weight is 433 g/mol. The van der Waals surface area contributed by atoms with Gasteiger partial charge in [-0.3, -0.25) is 9.36 Å². The molecule has 1 aliphatic rings. The molecule has 0 aliphatic carbocycles. The average Bonchev–Trinajstić information content (AvgIpc) is 3.13. The fourth-order valence-corrected chi connectivity index (χ4v) is 4.08. The molecule has 1 amide bonds. The van der Waals surface area contributed by atoms with Gasteiger partial charge in [0, 0.05) is 16.4 Å². The summed E-state index contributed by atoms with van der Waals surface area (Å²) in [4.78, 5) is 18.1. The van der Waals surface area contributed by atoms with Crippen molar-refractivity contribution in [2.45, 2.75) is 13.0 Å². The first kappa shape index (κ1) is 19.3. The first-order valence-electron chi connectivity index (χ1n) is 9.78. The summed E-state index contributed by atoms with van der Waals surface area (Å²) in [6.07, 6.45) is 0. The van der Waals surface area contributed by atoms with Crippen LogP contribution in [0.5, 0.6) is 0 Å². The van der Waals surface area contributed by atoms with Gasteiger partial charge in [-0.25, -0.2) is 9.37 Å². The quantitative estimate of drug-likeness (QED) is 0.433. The van der Waals surface area contributed by atoms with Crippen molar-refractivity contribution in [1.29, 1.82) is 0 Å². The van der Waals surface area contributed by atoms with E-state index in [2.05, 4.69) is 15.6 Å². The third-order valence-corrected chi connectivity index (χ3v) is 5.62. The second kappa shape index (κ2) is 7.56. The highest BCUT2D eigenvalue weighted by molar-refractivity contribution is 6.30. The molecule has 0 fully saturated rings. The minimum absolute atomic E-state index is 0.259. The van der Waals surface area contributed by atoms with E-state index in [0.717, 1.165) is 16.6 Å². The summed E-state index contributed by atoms with van der Waals surface area (Å²) in [6.45, 7) is 1.84. The van der Waals surface area contributed by atoms with Crippen LogP contribution in [0.4, 0.5) is 16.0 Å². The minimum Gasteiger partial charge on any atom is -0.329 e. The van der Waals surface area contributed by atoms with Gasteiger partial charge in [0.15, 0.2) is 0 Å². The van der Waals surface area contributed by atoms with Gasteiger partial charge in [0.2, 0.25) is 5.95 Å². The van der Waals surface area contributed by atoms with Crippen molar-refractivity contribution in [2.24, 2.45) is 0 Å². The van der Waals surface area contributed by atoms with Crippen LogP contribution in [0.1, 0.15) is 18.5 Å². The standard InChI is InChI=1S/C24H18ClFN4O/c1-14-21(23(31)28-18-12-8-16(25)9-13-18)22(15-6-10-17(26)11-7-15)30-20-5-3-2-4-19(20)29-24(30)27-14/h2-13,22H,1H3,(H,27,29)(H,28,31)/t22-/m1/s1. The van der Waals surface area contributed by atoms with E-state index in [9.17, 15) is 9.18 Å². The number of anilines is 2. The zero-order chi connectivity index (χ0) is 21.5. The SMILES string of the molecule is CC1=C(C(=O)Nc2ccc(Cl)cc2)[C@@H](c2ccc(F)cc2)n2c(nc3ccccc32)N1. The molecule has 0 spiro atoms. The second-order valence-electron chi connectivity index (χ2n) is 7.37. The van der Waals surface area contributed by atoms with Crippen LogP contribution in [0.15, 0.2) is 84.1 Å². The Morgan fingerprint density at radius 2 is 1.77 bits per heavy atom. The predicted molar refractivity (Wildman–Crippen MR) is 121 cm³/mol. The molecule has 5 nitrogen and oxygen atoms in total. The topological polar surface area (TPSA) is 59.0 Å². The zero-order valence-electron chi connectivity index (χ0n) is 16.6. The van der Waals surface area contributed by atoms with Gasteiger partial charge in [-0.2, -0.15) is 0 Å². The molecule has 0 saturated carbocycles. The molecular weight excluding hydrogens is 415 g/mol. The number of allylic oxidation sites excluding steroid dienone is 1. The Balaban J connectivity index is 1.65. The molecule has 0 radical (unpaired) electrons. The van der Waals surface area contributed by atoms with Crippen LogP contribution < -0.4 is 10.6 Å². The number of imidazole rings is 1. The number of nitrogens with zero attached hydrogens (tertiary/aromatic N) is 2. The molecule has 1 aromatic heterocycles. The van der Waals surface area contributed by atoms with Crippen LogP contribution in [0, 0.1) is 5.82 Å². The Morgan fingerprint density at radius 1 is 1.06 bits per heavy atom.